The standard InChI is InChI=1S/C13H15N3O4/c1-8-3-9(6-14)5-10(4-8)16-12(19)15-7-13(2,20)11(17)18/h3-5,20H,7H2,1-2H3,(H,17,18)(H2,15,16,19). The average molecular weight is 277 g/mol. The summed E-state index contributed by atoms with van der Waals surface area (Å²) in [5, 5.41) is 31.7. The van der Waals surface area contributed by atoms with Gasteiger partial charge in [0.05, 0.1) is 18.2 Å². The number of hydrogen-bond acceptors (Lipinski definition) is 4. The van der Waals surface area contributed by atoms with Crippen molar-refractivity contribution in [2.45, 2.75) is 19.4 Å². The van der Waals surface area contributed by atoms with Gasteiger partial charge in [-0.1, -0.05) is 0 Å². The maximum Gasteiger partial charge on any atom is 0.337 e. The molecule has 20 heavy (non-hydrogen) atoms. The molecule has 0 saturated carbocycles. The number of carboxylic acids is 1. The highest BCUT2D eigenvalue weighted by Gasteiger charge is 2.30. The molecule has 1 aromatic rings. The van der Waals surface area contributed by atoms with Gasteiger partial charge in [-0.2, -0.15) is 5.26 Å². The van der Waals surface area contributed by atoms with Gasteiger partial charge in [0, 0.05) is 5.69 Å². The number of aliphatic carboxylic acids is 1. The van der Waals surface area contributed by atoms with Crippen molar-refractivity contribution in [2.75, 3.05) is 11.9 Å². The molecular weight excluding hydrogens is 262 g/mol. The summed E-state index contributed by atoms with van der Waals surface area (Å²) < 4.78 is 0. The number of aliphatic hydroxyl groups is 1. The number of carboxylic acid groups (broad SMARTS) is 1. The van der Waals surface area contributed by atoms with Crippen LogP contribution in [0, 0.1) is 18.3 Å². The van der Waals surface area contributed by atoms with Crippen molar-refractivity contribution in [3.05, 3.63) is 29.3 Å². The molecule has 1 atom stereocenters. The van der Waals surface area contributed by atoms with E-state index in [0.29, 0.717) is 11.3 Å². The lowest BCUT2D eigenvalue weighted by atomic mass is 10.1. The molecule has 0 fully saturated rings. The summed E-state index contributed by atoms with van der Waals surface area (Å²) in [7, 11) is 0. The maximum absolute atomic E-state index is 11.6. The number of rotatable bonds is 4. The van der Waals surface area contributed by atoms with Crippen LogP contribution < -0.4 is 10.6 Å². The fourth-order valence-electron chi connectivity index (χ4n) is 1.42. The second-order valence-electron chi connectivity index (χ2n) is 4.59. The number of amides is 2. The molecule has 0 spiro atoms. The summed E-state index contributed by atoms with van der Waals surface area (Å²) in [6.45, 7) is 2.42. The number of urea groups is 1. The molecule has 4 N–H and O–H groups in total. The van der Waals surface area contributed by atoms with Crippen LogP contribution in [-0.2, 0) is 4.79 Å². The van der Waals surface area contributed by atoms with Crippen LogP contribution in [0.4, 0.5) is 10.5 Å². The van der Waals surface area contributed by atoms with Crippen molar-refractivity contribution in [3.63, 3.8) is 0 Å². The molecule has 0 aromatic heterocycles. The lowest BCUT2D eigenvalue weighted by Gasteiger charge is -2.18. The molecule has 106 valence electrons. The zero-order valence-corrected chi connectivity index (χ0v) is 11.1. The second-order valence-corrected chi connectivity index (χ2v) is 4.59. The van der Waals surface area contributed by atoms with E-state index in [4.69, 9.17) is 10.4 Å². The van der Waals surface area contributed by atoms with Gasteiger partial charge < -0.3 is 20.8 Å². The van der Waals surface area contributed by atoms with Crippen molar-refractivity contribution in [1.82, 2.24) is 5.32 Å². The predicted molar refractivity (Wildman–Crippen MR) is 71.2 cm³/mol. The number of aryl methyl sites for hydroxylation is 1. The number of benzene rings is 1. The summed E-state index contributed by atoms with van der Waals surface area (Å²) in [5.74, 6) is -1.43. The van der Waals surface area contributed by atoms with Crippen molar-refractivity contribution < 1.29 is 19.8 Å². The van der Waals surface area contributed by atoms with Gasteiger partial charge in [0.1, 0.15) is 0 Å². The van der Waals surface area contributed by atoms with Gasteiger partial charge in [0.2, 0.25) is 0 Å². The number of carbonyl (C=O) groups excluding carboxylic acids is 1. The molecular formula is C13H15N3O4. The van der Waals surface area contributed by atoms with E-state index >= 15 is 0 Å². The van der Waals surface area contributed by atoms with Gasteiger partial charge in [-0.05, 0) is 37.6 Å². The summed E-state index contributed by atoms with van der Waals surface area (Å²) in [6.07, 6.45) is 0. The van der Waals surface area contributed by atoms with Crippen LogP contribution in [0.5, 0.6) is 0 Å². The van der Waals surface area contributed by atoms with Gasteiger partial charge in [0.15, 0.2) is 5.60 Å². The molecule has 2 amide bonds. The molecule has 1 rings (SSSR count). The van der Waals surface area contributed by atoms with Gasteiger partial charge in [0.25, 0.3) is 0 Å². The normalized spacial score (nSPS) is 12.9. The summed E-state index contributed by atoms with van der Waals surface area (Å²) >= 11 is 0. The highest BCUT2D eigenvalue weighted by molar-refractivity contribution is 5.90. The molecule has 0 saturated heterocycles. The molecule has 0 aliphatic heterocycles. The third kappa shape index (κ3) is 4.26. The lowest BCUT2D eigenvalue weighted by molar-refractivity contribution is -0.155. The number of nitrogens with one attached hydrogen (secondary N) is 2. The van der Waals surface area contributed by atoms with E-state index in [2.05, 4.69) is 10.6 Å². The molecule has 0 bridgehead atoms. The minimum atomic E-state index is -2.04. The van der Waals surface area contributed by atoms with Crippen LogP contribution in [0.1, 0.15) is 18.1 Å². The molecule has 1 aromatic carbocycles. The summed E-state index contributed by atoms with van der Waals surface area (Å²) in [4.78, 5) is 22.2. The highest BCUT2D eigenvalue weighted by atomic mass is 16.4. The number of nitriles is 1. The lowest BCUT2D eigenvalue weighted by Crippen LogP contribution is -2.47. The van der Waals surface area contributed by atoms with Crippen molar-refractivity contribution in [2.24, 2.45) is 0 Å². The van der Waals surface area contributed by atoms with E-state index in [1.807, 2.05) is 6.07 Å². The van der Waals surface area contributed by atoms with Crippen molar-refractivity contribution in [3.8, 4) is 6.07 Å². The number of carbonyl (C=O) groups is 2. The fourth-order valence-corrected chi connectivity index (χ4v) is 1.42. The summed E-state index contributed by atoms with van der Waals surface area (Å²) in [5.41, 5.74) is -0.425. The van der Waals surface area contributed by atoms with E-state index < -0.39 is 24.1 Å². The Morgan fingerprint density at radius 1 is 1.40 bits per heavy atom. The first-order chi connectivity index (χ1) is 9.24. The quantitative estimate of drug-likeness (QED) is 0.649. The first kappa shape index (κ1) is 15.5. The smallest absolute Gasteiger partial charge is 0.337 e. The van der Waals surface area contributed by atoms with Crippen LogP contribution in [0.2, 0.25) is 0 Å². The Morgan fingerprint density at radius 2 is 2.05 bits per heavy atom. The predicted octanol–water partition coefficient (Wildman–Crippen LogP) is 0.824. The Kier molecular flexibility index (Phi) is 4.67. The molecule has 0 radical (unpaired) electrons. The molecule has 0 aliphatic carbocycles. The minimum absolute atomic E-state index is 0.401. The summed E-state index contributed by atoms with van der Waals surface area (Å²) in [6, 6.07) is 6.11. The average Bonchev–Trinajstić information content (AvgIpc) is 2.35. The monoisotopic (exact) mass is 277 g/mol. The second kappa shape index (κ2) is 6.04. The van der Waals surface area contributed by atoms with Crippen LogP contribution in [0.3, 0.4) is 0 Å². The first-order valence-electron chi connectivity index (χ1n) is 5.77. The van der Waals surface area contributed by atoms with Gasteiger partial charge >= 0.3 is 12.0 Å². The van der Waals surface area contributed by atoms with E-state index in [9.17, 15) is 14.7 Å². The van der Waals surface area contributed by atoms with E-state index in [0.717, 1.165) is 12.5 Å². The highest BCUT2D eigenvalue weighted by Crippen LogP contribution is 2.13. The maximum atomic E-state index is 11.6. The zero-order chi connectivity index (χ0) is 15.3. The fraction of sp³-hybridized carbons (Fsp3) is 0.308. The Balaban J connectivity index is 2.66. The molecule has 7 heteroatoms. The minimum Gasteiger partial charge on any atom is -0.479 e. The molecule has 7 nitrogen and oxygen atoms in total. The topological polar surface area (TPSA) is 122 Å². The van der Waals surface area contributed by atoms with Crippen molar-refractivity contribution >= 4 is 17.7 Å². The van der Waals surface area contributed by atoms with E-state index in [-0.39, 0.29) is 0 Å². The Morgan fingerprint density at radius 3 is 2.60 bits per heavy atom. The van der Waals surface area contributed by atoms with Crippen LogP contribution in [0.15, 0.2) is 18.2 Å². The van der Waals surface area contributed by atoms with Crippen LogP contribution >= 0.6 is 0 Å². The van der Waals surface area contributed by atoms with Gasteiger partial charge in [-0.15, -0.1) is 0 Å². The van der Waals surface area contributed by atoms with Crippen molar-refractivity contribution in [1.29, 1.82) is 5.26 Å². The Hall–Kier alpha value is -2.59. The molecule has 1 unspecified atom stereocenters. The van der Waals surface area contributed by atoms with Crippen LogP contribution in [-0.4, -0.2) is 34.4 Å². The van der Waals surface area contributed by atoms with Gasteiger partial charge in [-0.3, -0.25) is 0 Å². The Bertz CT molecular complexity index is 575. The SMILES string of the molecule is Cc1cc(C#N)cc(NC(=O)NCC(C)(O)C(=O)O)c1. The Labute approximate surface area is 115 Å². The number of anilines is 1. The largest absolute Gasteiger partial charge is 0.479 e. The van der Waals surface area contributed by atoms with Gasteiger partial charge in [-0.25, -0.2) is 9.59 Å². The number of nitrogens with zero attached hydrogens (tertiary/aromatic N) is 1. The van der Waals surface area contributed by atoms with E-state index in [1.165, 1.54) is 6.07 Å². The third-order valence-electron chi connectivity index (χ3n) is 2.52. The van der Waals surface area contributed by atoms with Crippen LogP contribution in [0.25, 0.3) is 0 Å². The molecule has 0 aliphatic rings. The molecule has 0 heterocycles. The number of hydrogen-bond donors (Lipinski definition) is 4. The van der Waals surface area contributed by atoms with E-state index in [1.54, 1.807) is 19.1 Å². The zero-order valence-electron chi connectivity index (χ0n) is 11.1. The third-order valence-corrected chi connectivity index (χ3v) is 2.52. The first-order valence-corrected chi connectivity index (χ1v) is 5.77.